The molecule has 2 aromatic carbocycles. The summed E-state index contributed by atoms with van der Waals surface area (Å²) in [5.41, 5.74) is 0.186. The Bertz CT molecular complexity index is 1090. The number of methoxy groups -OCH3 is 2. The Kier molecular flexibility index (Phi) is 5.81. The van der Waals surface area contributed by atoms with Crippen LogP contribution in [0.15, 0.2) is 59.5 Å². The number of halogens is 1. The maximum Gasteiger partial charge on any atom is 0.324 e. The molecule has 8 heteroatoms. The van der Waals surface area contributed by atoms with Crippen LogP contribution in [0, 0.1) is 11.2 Å². The molecule has 1 aliphatic rings. The Hall–Kier alpha value is -3.00. The van der Waals surface area contributed by atoms with Gasteiger partial charge in [-0.05, 0) is 41.0 Å². The highest BCUT2D eigenvalue weighted by Gasteiger charge is 2.57. The minimum absolute atomic E-state index is 0.00733. The van der Waals surface area contributed by atoms with Crippen LogP contribution in [-0.2, 0) is 28.9 Å². The number of hydrogen-bond donors (Lipinski definition) is 0. The van der Waals surface area contributed by atoms with E-state index in [0.29, 0.717) is 16.7 Å². The molecule has 30 heavy (non-hydrogen) atoms. The van der Waals surface area contributed by atoms with Crippen molar-refractivity contribution in [3.8, 4) is 0 Å². The van der Waals surface area contributed by atoms with Crippen molar-refractivity contribution in [1.82, 2.24) is 0 Å². The Labute approximate surface area is 174 Å². The van der Waals surface area contributed by atoms with Gasteiger partial charge in [-0.3, -0.25) is 9.59 Å². The third kappa shape index (κ3) is 3.75. The largest absolute Gasteiger partial charge is 0.468 e. The first-order chi connectivity index (χ1) is 14.1. The maximum absolute atomic E-state index is 13.4. The van der Waals surface area contributed by atoms with E-state index in [2.05, 4.69) is 0 Å². The number of carbonyl (C=O) groups excluding carboxylic acids is 2. The fourth-order valence-electron chi connectivity index (χ4n) is 3.82. The predicted octanol–water partition coefficient (Wildman–Crippen LogP) is 3.13. The summed E-state index contributed by atoms with van der Waals surface area (Å²) >= 11 is 0. The quantitative estimate of drug-likeness (QED) is 0.533. The first-order valence-electron chi connectivity index (χ1n) is 9.07. The molecule has 0 bridgehead atoms. The molecular formula is C22H21FO6S. The highest BCUT2D eigenvalue weighted by Crippen LogP contribution is 2.52. The van der Waals surface area contributed by atoms with Crippen molar-refractivity contribution < 1.29 is 31.9 Å². The maximum atomic E-state index is 13.4. The summed E-state index contributed by atoms with van der Waals surface area (Å²) in [4.78, 5) is 25.8. The summed E-state index contributed by atoms with van der Waals surface area (Å²) in [6.45, 7) is 0. The third-order valence-electron chi connectivity index (χ3n) is 5.35. The van der Waals surface area contributed by atoms with Crippen LogP contribution >= 0.6 is 0 Å². The summed E-state index contributed by atoms with van der Waals surface area (Å²) in [6.07, 6.45) is 2.85. The number of hydrogen-bond acceptors (Lipinski definition) is 6. The van der Waals surface area contributed by atoms with E-state index in [9.17, 15) is 22.4 Å². The van der Waals surface area contributed by atoms with Crippen molar-refractivity contribution in [2.45, 2.75) is 17.2 Å². The summed E-state index contributed by atoms with van der Waals surface area (Å²) in [6, 6.07) is 11.7. The van der Waals surface area contributed by atoms with E-state index in [1.807, 2.05) is 0 Å². The zero-order valence-corrected chi connectivity index (χ0v) is 17.5. The van der Waals surface area contributed by atoms with Gasteiger partial charge in [0.05, 0.1) is 19.1 Å². The molecule has 0 spiro atoms. The minimum Gasteiger partial charge on any atom is -0.468 e. The lowest BCUT2D eigenvalue weighted by atomic mass is 9.73. The van der Waals surface area contributed by atoms with Gasteiger partial charge < -0.3 is 9.47 Å². The monoisotopic (exact) mass is 432 g/mol. The Balaban J connectivity index is 2.14. The first-order valence-corrected chi connectivity index (χ1v) is 11.0. The SMILES string of the molecule is COC(=O)C1(C(=O)OC)CC(c2ccc(S(C)(=O)=O)cc2)=CC1c1ccc(F)cc1. The molecule has 3 rings (SSSR count). The van der Waals surface area contributed by atoms with Gasteiger partial charge in [0.1, 0.15) is 5.82 Å². The van der Waals surface area contributed by atoms with Crippen LogP contribution in [0.5, 0.6) is 0 Å². The molecule has 0 amide bonds. The van der Waals surface area contributed by atoms with E-state index in [-0.39, 0.29) is 11.3 Å². The molecule has 0 heterocycles. The molecule has 2 aromatic rings. The zero-order valence-electron chi connectivity index (χ0n) is 16.7. The van der Waals surface area contributed by atoms with Gasteiger partial charge in [-0.15, -0.1) is 0 Å². The average Bonchev–Trinajstić information content (AvgIpc) is 3.14. The number of allylic oxidation sites excluding steroid dienone is 2. The van der Waals surface area contributed by atoms with E-state index in [4.69, 9.17) is 9.47 Å². The van der Waals surface area contributed by atoms with Gasteiger partial charge in [-0.2, -0.15) is 0 Å². The van der Waals surface area contributed by atoms with E-state index < -0.39 is 38.9 Å². The van der Waals surface area contributed by atoms with Crippen LogP contribution in [0.3, 0.4) is 0 Å². The molecule has 0 fully saturated rings. The molecule has 0 saturated carbocycles. The standard InChI is InChI=1S/C22H21FO6S/c1-28-20(24)22(21(25)29-2)13-16(12-19(22)15-4-8-17(23)9-5-15)14-6-10-18(11-7-14)30(3,26)27/h4-12,19H,13H2,1-3H3. The number of carbonyl (C=O) groups is 2. The van der Waals surface area contributed by atoms with Crippen LogP contribution in [-0.4, -0.2) is 40.8 Å². The first kappa shape index (κ1) is 21.7. The van der Waals surface area contributed by atoms with Gasteiger partial charge in [0, 0.05) is 18.6 Å². The topological polar surface area (TPSA) is 86.7 Å². The van der Waals surface area contributed by atoms with Crippen LogP contribution in [0.25, 0.3) is 5.57 Å². The number of esters is 2. The normalized spacial score (nSPS) is 17.9. The molecule has 158 valence electrons. The molecule has 1 atom stereocenters. The van der Waals surface area contributed by atoms with E-state index in [1.165, 1.54) is 50.6 Å². The predicted molar refractivity (Wildman–Crippen MR) is 108 cm³/mol. The summed E-state index contributed by atoms with van der Waals surface area (Å²) < 4.78 is 46.8. The fourth-order valence-corrected chi connectivity index (χ4v) is 4.45. The minimum atomic E-state index is -3.36. The summed E-state index contributed by atoms with van der Waals surface area (Å²) in [5.74, 6) is -2.72. The molecule has 1 aliphatic carbocycles. The molecule has 1 unspecified atom stereocenters. The summed E-state index contributed by atoms with van der Waals surface area (Å²) in [7, 11) is -0.985. The molecular weight excluding hydrogens is 411 g/mol. The van der Waals surface area contributed by atoms with Gasteiger partial charge >= 0.3 is 11.9 Å². The van der Waals surface area contributed by atoms with Crippen molar-refractivity contribution in [3.63, 3.8) is 0 Å². The van der Waals surface area contributed by atoms with Gasteiger partial charge in [0.15, 0.2) is 15.3 Å². The van der Waals surface area contributed by atoms with Crippen LogP contribution in [0.2, 0.25) is 0 Å². The number of ether oxygens (including phenoxy) is 2. The molecule has 0 aromatic heterocycles. The number of sulfone groups is 1. The Morgan fingerprint density at radius 1 is 0.967 bits per heavy atom. The van der Waals surface area contributed by atoms with Gasteiger partial charge in [-0.1, -0.05) is 30.3 Å². The van der Waals surface area contributed by atoms with Gasteiger partial charge in [0.2, 0.25) is 0 Å². The lowest BCUT2D eigenvalue weighted by molar-refractivity contribution is -0.169. The second-order valence-corrected chi connectivity index (χ2v) is 9.16. The van der Waals surface area contributed by atoms with Gasteiger partial charge in [0.25, 0.3) is 0 Å². The highest BCUT2D eigenvalue weighted by atomic mass is 32.2. The highest BCUT2D eigenvalue weighted by molar-refractivity contribution is 7.90. The van der Waals surface area contributed by atoms with E-state index in [1.54, 1.807) is 18.2 Å². The lowest BCUT2D eigenvalue weighted by Gasteiger charge is -2.30. The average molecular weight is 432 g/mol. The smallest absolute Gasteiger partial charge is 0.324 e. The van der Waals surface area contributed by atoms with Crippen molar-refractivity contribution >= 4 is 27.3 Å². The molecule has 0 saturated heterocycles. The summed E-state index contributed by atoms with van der Waals surface area (Å²) in [5, 5.41) is 0. The lowest BCUT2D eigenvalue weighted by Crippen LogP contribution is -2.43. The molecule has 0 radical (unpaired) electrons. The zero-order chi connectivity index (χ0) is 22.1. The van der Waals surface area contributed by atoms with Crippen LogP contribution < -0.4 is 0 Å². The van der Waals surface area contributed by atoms with Gasteiger partial charge in [-0.25, -0.2) is 12.8 Å². The fraction of sp³-hybridized carbons (Fsp3) is 0.273. The number of benzene rings is 2. The van der Waals surface area contributed by atoms with Crippen LogP contribution in [0.1, 0.15) is 23.5 Å². The van der Waals surface area contributed by atoms with Crippen molar-refractivity contribution in [3.05, 3.63) is 71.6 Å². The van der Waals surface area contributed by atoms with Crippen molar-refractivity contribution in [1.29, 1.82) is 0 Å². The molecule has 0 N–H and O–H groups in total. The van der Waals surface area contributed by atoms with Crippen LogP contribution in [0.4, 0.5) is 4.39 Å². The van der Waals surface area contributed by atoms with E-state index >= 15 is 0 Å². The number of rotatable bonds is 5. The molecule has 0 aliphatic heterocycles. The third-order valence-corrected chi connectivity index (χ3v) is 6.48. The van der Waals surface area contributed by atoms with Crippen molar-refractivity contribution in [2.24, 2.45) is 5.41 Å². The second kappa shape index (κ2) is 8.02. The second-order valence-electron chi connectivity index (χ2n) is 7.15. The molecule has 6 nitrogen and oxygen atoms in total. The Morgan fingerprint density at radius 2 is 1.50 bits per heavy atom. The van der Waals surface area contributed by atoms with Crippen molar-refractivity contribution in [2.75, 3.05) is 20.5 Å². The van der Waals surface area contributed by atoms with E-state index in [0.717, 1.165) is 6.26 Å². The Morgan fingerprint density at radius 3 is 1.97 bits per heavy atom.